The zero-order chi connectivity index (χ0) is 21.9. The van der Waals surface area contributed by atoms with E-state index >= 15 is 0 Å². The van der Waals surface area contributed by atoms with Crippen molar-refractivity contribution in [3.63, 3.8) is 0 Å². The molecule has 0 aliphatic carbocycles. The van der Waals surface area contributed by atoms with Gasteiger partial charge in [-0.25, -0.2) is 9.79 Å². The van der Waals surface area contributed by atoms with Gasteiger partial charge in [0.2, 0.25) is 0 Å². The van der Waals surface area contributed by atoms with Crippen LogP contribution in [0, 0.1) is 13.8 Å². The number of rotatable bonds is 10. The number of carbonyl (C=O) groups is 1. The van der Waals surface area contributed by atoms with E-state index in [1.807, 2.05) is 32.0 Å². The molecule has 0 atom stereocenters. The summed E-state index contributed by atoms with van der Waals surface area (Å²) in [6.45, 7) is 8.30. The number of nitrogens with zero attached hydrogens (tertiary/aromatic N) is 1. The van der Waals surface area contributed by atoms with Crippen LogP contribution in [0.2, 0.25) is 0 Å². The van der Waals surface area contributed by atoms with E-state index in [0.29, 0.717) is 55.9 Å². The summed E-state index contributed by atoms with van der Waals surface area (Å²) < 4.78 is 21.3. The Balaban J connectivity index is 2.07. The van der Waals surface area contributed by atoms with Gasteiger partial charge in [-0.15, -0.1) is 0 Å². The Morgan fingerprint density at radius 3 is 2.63 bits per heavy atom. The Labute approximate surface area is 177 Å². The molecule has 0 aliphatic heterocycles. The van der Waals surface area contributed by atoms with Crippen LogP contribution < -0.4 is 15.4 Å². The number of methoxy groups -OCH3 is 2. The molecule has 30 heavy (non-hydrogen) atoms. The van der Waals surface area contributed by atoms with Crippen LogP contribution in [-0.4, -0.2) is 45.9 Å². The first-order chi connectivity index (χ1) is 14.5. The molecule has 2 rings (SSSR count). The van der Waals surface area contributed by atoms with E-state index in [-0.39, 0.29) is 0 Å². The predicted octanol–water partition coefficient (Wildman–Crippen LogP) is 2.96. The number of carbonyl (C=O) groups excluding carboxylic acids is 1. The normalized spacial score (nSPS) is 11.3. The SMILES string of the molecule is CCNC(=NCc1ccc(C)cc1OCCOC)NCc1cc(C(=O)OC)c(C)o1. The highest BCUT2D eigenvalue weighted by atomic mass is 16.5. The number of benzene rings is 1. The molecule has 0 radical (unpaired) electrons. The summed E-state index contributed by atoms with van der Waals surface area (Å²) >= 11 is 0. The summed E-state index contributed by atoms with van der Waals surface area (Å²) in [5.74, 6) is 2.17. The monoisotopic (exact) mass is 417 g/mol. The van der Waals surface area contributed by atoms with Gasteiger partial charge in [-0.1, -0.05) is 12.1 Å². The minimum atomic E-state index is -0.413. The van der Waals surface area contributed by atoms with Gasteiger partial charge in [-0.2, -0.15) is 0 Å². The number of hydrogen-bond acceptors (Lipinski definition) is 6. The lowest BCUT2D eigenvalue weighted by Crippen LogP contribution is -2.36. The summed E-state index contributed by atoms with van der Waals surface area (Å²) in [7, 11) is 2.99. The molecule has 0 bridgehead atoms. The Hall–Kier alpha value is -3.00. The van der Waals surface area contributed by atoms with Crippen LogP contribution in [0.15, 0.2) is 33.7 Å². The van der Waals surface area contributed by atoms with Crippen LogP contribution in [0.3, 0.4) is 0 Å². The van der Waals surface area contributed by atoms with Crippen LogP contribution in [-0.2, 0) is 22.6 Å². The first-order valence-electron chi connectivity index (χ1n) is 9.89. The van der Waals surface area contributed by atoms with Gasteiger partial charge >= 0.3 is 5.97 Å². The summed E-state index contributed by atoms with van der Waals surface area (Å²) in [6.07, 6.45) is 0. The van der Waals surface area contributed by atoms with E-state index < -0.39 is 5.97 Å². The lowest BCUT2D eigenvalue weighted by molar-refractivity contribution is 0.0599. The van der Waals surface area contributed by atoms with Gasteiger partial charge in [0.25, 0.3) is 0 Å². The molecule has 0 spiro atoms. The smallest absolute Gasteiger partial charge is 0.341 e. The summed E-state index contributed by atoms with van der Waals surface area (Å²) in [5, 5.41) is 6.43. The topological polar surface area (TPSA) is 94.3 Å². The van der Waals surface area contributed by atoms with E-state index in [1.54, 1.807) is 20.1 Å². The van der Waals surface area contributed by atoms with Gasteiger partial charge in [-0.3, -0.25) is 0 Å². The number of hydrogen-bond donors (Lipinski definition) is 2. The van der Waals surface area contributed by atoms with Gasteiger partial charge in [0, 0.05) is 19.2 Å². The first kappa shape index (κ1) is 23.3. The highest BCUT2D eigenvalue weighted by Gasteiger charge is 2.15. The van der Waals surface area contributed by atoms with Crippen LogP contribution in [0.4, 0.5) is 0 Å². The van der Waals surface area contributed by atoms with Crippen molar-refractivity contribution in [1.82, 2.24) is 10.6 Å². The molecule has 8 nitrogen and oxygen atoms in total. The molecular weight excluding hydrogens is 386 g/mol. The highest BCUT2D eigenvalue weighted by Crippen LogP contribution is 2.21. The summed E-state index contributed by atoms with van der Waals surface area (Å²) in [5.41, 5.74) is 2.53. The molecule has 1 heterocycles. The van der Waals surface area contributed by atoms with Gasteiger partial charge < -0.3 is 29.3 Å². The molecule has 0 unspecified atom stereocenters. The third-order valence-electron chi connectivity index (χ3n) is 4.32. The predicted molar refractivity (Wildman–Crippen MR) is 115 cm³/mol. The van der Waals surface area contributed by atoms with Crippen molar-refractivity contribution in [1.29, 1.82) is 0 Å². The minimum Gasteiger partial charge on any atom is -0.491 e. The number of guanidine groups is 1. The first-order valence-corrected chi connectivity index (χ1v) is 9.89. The fourth-order valence-corrected chi connectivity index (χ4v) is 2.78. The van der Waals surface area contributed by atoms with E-state index in [2.05, 4.69) is 15.6 Å². The van der Waals surface area contributed by atoms with Crippen molar-refractivity contribution in [3.8, 4) is 5.75 Å². The van der Waals surface area contributed by atoms with Crippen molar-refractivity contribution in [2.45, 2.75) is 33.9 Å². The largest absolute Gasteiger partial charge is 0.491 e. The zero-order valence-corrected chi connectivity index (χ0v) is 18.3. The number of nitrogens with one attached hydrogen (secondary N) is 2. The number of ether oxygens (including phenoxy) is 3. The second-order valence-corrected chi connectivity index (χ2v) is 6.68. The molecule has 0 amide bonds. The summed E-state index contributed by atoms with van der Waals surface area (Å²) in [6, 6.07) is 7.73. The average molecular weight is 418 g/mol. The van der Waals surface area contributed by atoms with E-state index in [1.165, 1.54) is 7.11 Å². The molecule has 2 N–H and O–H groups in total. The highest BCUT2D eigenvalue weighted by molar-refractivity contribution is 5.90. The fraction of sp³-hybridized carbons (Fsp3) is 0.455. The van der Waals surface area contributed by atoms with Gasteiger partial charge in [0.15, 0.2) is 5.96 Å². The number of aryl methyl sites for hydroxylation is 2. The maximum absolute atomic E-state index is 11.7. The van der Waals surface area contributed by atoms with Crippen molar-refractivity contribution in [2.75, 3.05) is 34.0 Å². The molecule has 1 aromatic carbocycles. The van der Waals surface area contributed by atoms with E-state index in [9.17, 15) is 4.79 Å². The zero-order valence-electron chi connectivity index (χ0n) is 18.3. The second kappa shape index (κ2) is 11.9. The molecule has 164 valence electrons. The van der Waals surface area contributed by atoms with Gasteiger partial charge in [-0.05, 0) is 38.5 Å². The standard InChI is InChI=1S/C22H31N3O5/c1-6-23-22(25-14-18-12-19(16(3)30-18)21(26)28-5)24-13-17-8-7-15(2)11-20(17)29-10-9-27-4/h7-8,11-12H,6,9-10,13-14H2,1-5H3,(H2,23,24,25). The Morgan fingerprint density at radius 2 is 1.93 bits per heavy atom. The molecule has 2 aromatic rings. The van der Waals surface area contributed by atoms with E-state index in [0.717, 1.165) is 16.9 Å². The van der Waals surface area contributed by atoms with Crippen LogP contribution >= 0.6 is 0 Å². The lowest BCUT2D eigenvalue weighted by atomic mass is 10.1. The van der Waals surface area contributed by atoms with Crippen LogP contribution in [0.25, 0.3) is 0 Å². The Morgan fingerprint density at radius 1 is 1.13 bits per heavy atom. The number of esters is 1. The van der Waals surface area contributed by atoms with Crippen molar-refractivity contribution >= 4 is 11.9 Å². The average Bonchev–Trinajstić information content (AvgIpc) is 3.11. The van der Waals surface area contributed by atoms with Crippen molar-refractivity contribution in [3.05, 3.63) is 52.5 Å². The van der Waals surface area contributed by atoms with Crippen molar-refractivity contribution in [2.24, 2.45) is 4.99 Å². The molecule has 0 fully saturated rings. The lowest BCUT2D eigenvalue weighted by Gasteiger charge is -2.13. The third-order valence-corrected chi connectivity index (χ3v) is 4.32. The molecular formula is C22H31N3O5. The van der Waals surface area contributed by atoms with Crippen molar-refractivity contribution < 1.29 is 23.4 Å². The molecule has 0 saturated heterocycles. The van der Waals surface area contributed by atoms with Gasteiger partial charge in [0.05, 0.1) is 26.8 Å². The van der Waals surface area contributed by atoms with Gasteiger partial charge in [0.1, 0.15) is 29.4 Å². The Kier molecular flexibility index (Phi) is 9.21. The molecule has 8 heteroatoms. The number of furan rings is 1. The van der Waals surface area contributed by atoms with E-state index in [4.69, 9.17) is 18.6 Å². The Bertz CT molecular complexity index is 860. The third kappa shape index (κ3) is 6.81. The molecule has 1 aromatic heterocycles. The maximum atomic E-state index is 11.7. The fourth-order valence-electron chi connectivity index (χ4n) is 2.78. The number of aliphatic imine (C=N–C) groups is 1. The van der Waals surface area contributed by atoms with Crippen LogP contribution in [0.5, 0.6) is 5.75 Å². The molecule has 0 saturated carbocycles. The van der Waals surface area contributed by atoms with Crippen LogP contribution in [0.1, 0.15) is 39.9 Å². The maximum Gasteiger partial charge on any atom is 0.341 e. The summed E-state index contributed by atoms with van der Waals surface area (Å²) in [4.78, 5) is 16.4. The second-order valence-electron chi connectivity index (χ2n) is 6.68. The quantitative estimate of drug-likeness (QED) is 0.266. The molecule has 0 aliphatic rings. The minimum absolute atomic E-state index is 0.384.